The van der Waals surface area contributed by atoms with E-state index in [-0.39, 0.29) is 0 Å². The third-order valence-electron chi connectivity index (χ3n) is 0.744. The van der Waals surface area contributed by atoms with Crippen LogP contribution in [0.2, 0.25) is 0 Å². The van der Waals surface area contributed by atoms with E-state index in [0.717, 1.165) is 12.2 Å². The summed E-state index contributed by atoms with van der Waals surface area (Å²) in [6.45, 7) is 8.77. The second-order valence-electron chi connectivity index (χ2n) is 1.24. The zero-order valence-electron chi connectivity index (χ0n) is 5.11. The van der Waals surface area contributed by atoms with Crippen LogP contribution in [0, 0.1) is 0 Å². The molecule has 0 aliphatic heterocycles. The summed E-state index contributed by atoms with van der Waals surface area (Å²) in [5.41, 5.74) is 2.63. The Labute approximate surface area is 50.0 Å². The van der Waals surface area contributed by atoms with E-state index >= 15 is 0 Å². The summed E-state index contributed by atoms with van der Waals surface area (Å²) >= 11 is 0. The molecule has 0 rings (SSSR count). The van der Waals surface area contributed by atoms with E-state index in [4.69, 9.17) is 4.74 Å². The van der Waals surface area contributed by atoms with Gasteiger partial charge in [-0.15, -0.1) is 0 Å². The molecule has 0 aliphatic carbocycles. The average molecular weight is 110 g/mol. The fourth-order valence-electron chi connectivity index (χ4n) is 0.351. The monoisotopic (exact) mass is 110 g/mol. The molecule has 0 bridgehead atoms. The highest BCUT2D eigenvalue weighted by Gasteiger charge is 1.84. The maximum absolute atomic E-state index is 4.85. The molecule has 8 heavy (non-hydrogen) atoms. The molecule has 0 unspecified atom stereocenters. The van der Waals surface area contributed by atoms with Crippen LogP contribution in [0.3, 0.4) is 0 Å². The fraction of sp³-hybridized carbons (Fsp3) is 0.286. The minimum atomic E-state index is 0.736. The zero-order valence-corrected chi connectivity index (χ0v) is 5.11. The lowest BCUT2D eigenvalue weighted by molar-refractivity contribution is 0.341. The maximum atomic E-state index is 4.85. The van der Waals surface area contributed by atoms with Crippen molar-refractivity contribution in [1.29, 1.82) is 0 Å². The first-order chi connectivity index (χ1) is 3.85. The van der Waals surface area contributed by atoms with Crippen LogP contribution in [0.15, 0.2) is 30.9 Å². The quantitative estimate of drug-likeness (QED) is 0.400. The van der Waals surface area contributed by atoms with Crippen molar-refractivity contribution in [3.63, 3.8) is 0 Å². The Kier molecular flexibility index (Phi) is 3.73. The van der Waals surface area contributed by atoms with E-state index in [2.05, 4.69) is 18.9 Å². The second-order valence-corrected chi connectivity index (χ2v) is 1.24. The van der Waals surface area contributed by atoms with E-state index in [1.54, 1.807) is 0 Å². The lowest BCUT2D eigenvalue weighted by atomic mass is 10.4. The van der Waals surface area contributed by atoms with Gasteiger partial charge in [0, 0.05) is 6.42 Å². The largest absolute Gasteiger partial charge is 0.462 e. The van der Waals surface area contributed by atoms with Crippen molar-refractivity contribution in [3.05, 3.63) is 30.9 Å². The van der Waals surface area contributed by atoms with Crippen LogP contribution >= 0.6 is 0 Å². The Bertz CT molecular complexity index is 118. The van der Waals surface area contributed by atoms with Crippen molar-refractivity contribution in [2.75, 3.05) is 0 Å². The predicted octanol–water partition coefficient (Wildman–Crippen LogP) is 2.23. The standard InChI is InChI=1S/C7H10O/c1-4-7(5-2)8-6-3/h6H,1,3,5H2,2H3. The Morgan fingerprint density at radius 1 is 1.88 bits per heavy atom. The lowest BCUT2D eigenvalue weighted by Crippen LogP contribution is -1.77. The van der Waals surface area contributed by atoms with Crippen molar-refractivity contribution >= 4 is 0 Å². The van der Waals surface area contributed by atoms with Gasteiger partial charge in [-0.05, 0) is 0 Å². The average Bonchev–Trinajstić information content (AvgIpc) is 1.83. The van der Waals surface area contributed by atoms with Crippen LogP contribution < -0.4 is 0 Å². The van der Waals surface area contributed by atoms with E-state index in [1.165, 1.54) is 6.26 Å². The van der Waals surface area contributed by atoms with Gasteiger partial charge in [0.15, 0.2) is 0 Å². The van der Waals surface area contributed by atoms with Crippen LogP contribution in [0.5, 0.6) is 0 Å². The summed E-state index contributed by atoms with van der Waals surface area (Å²) in [6, 6.07) is 0. The van der Waals surface area contributed by atoms with Crippen molar-refractivity contribution < 1.29 is 4.74 Å². The van der Waals surface area contributed by atoms with Gasteiger partial charge >= 0.3 is 0 Å². The minimum absolute atomic E-state index is 0.736. The Morgan fingerprint density at radius 2 is 2.50 bits per heavy atom. The summed E-state index contributed by atoms with van der Waals surface area (Å²) in [7, 11) is 0. The predicted molar refractivity (Wildman–Crippen MR) is 34.2 cm³/mol. The number of rotatable bonds is 3. The molecular weight excluding hydrogens is 100 g/mol. The summed E-state index contributed by atoms with van der Waals surface area (Å²) < 4.78 is 4.85. The molecule has 1 heteroatoms. The van der Waals surface area contributed by atoms with Crippen molar-refractivity contribution in [3.8, 4) is 0 Å². The summed E-state index contributed by atoms with van der Waals surface area (Å²) in [5.74, 6) is 0.736. The molecule has 0 N–H and O–H groups in total. The molecule has 0 amide bonds. The van der Waals surface area contributed by atoms with Crippen molar-refractivity contribution in [1.82, 2.24) is 0 Å². The number of allylic oxidation sites excluding steroid dienone is 1. The molecule has 0 fully saturated rings. The van der Waals surface area contributed by atoms with Crippen molar-refractivity contribution in [2.24, 2.45) is 0 Å². The van der Waals surface area contributed by atoms with E-state index < -0.39 is 0 Å². The first-order valence-electron chi connectivity index (χ1n) is 2.51. The molecule has 0 aromatic rings. The van der Waals surface area contributed by atoms with Crippen LogP contribution in [0.25, 0.3) is 0 Å². The third-order valence-corrected chi connectivity index (χ3v) is 0.744. The number of ether oxygens (including phenoxy) is 1. The first kappa shape index (κ1) is 7.06. The van der Waals surface area contributed by atoms with Gasteiger partial charge in [0.05, 0.1) is 6.26 Å². The summed E-state index contributed by atoms with van der Waals surface area (Å²) in [4.78, 5) is 0. The maximum Gasteiger partial charge on any atom is 0.144 e. The number of hydrogen-bond acceptors (Lipinski definition) is 1. The normalized spacial score (nSPS) is 7.12. The van der Waals surface area contributed by atoms with Crippen LogP contribution in [-0.4, -0.2) is 0 Å². The van der Waals surface area contributed by atoms with Gasteiger partial charge in [0.2, 0.25) is 0 Å². The third kappa shape index (κ3) is 2.27. The van der Waals surface area contributed by atoms with E-state index in [0.29, 0.717) is 0 Å². The molecule has 0 heterocycles. The molecule has 0 saturated heterocycles. The van der Waals surface area contributed by atoms with Gasteiger partial charge in [0.25, 0.3) is 0 Å². The fourth-order valence-corrected chi connectivity index (χ4v) is 0.351. The molecule has 0 aromatic carbocycles. The topological polar surface area (TPSA) is 9.23 Å². The van der Waals surface area contributed by atoms with Gasteiger partial charge in [-0.3, -0.25) is 0 Å². The highest BCUT2D eigenvalue weighted by atomic mass is 16.5. The van der Waals surface area contributed by atoms with Gasteiger partial charge < -0.3 is 4.74 Å². The van der Waals surface area contributed by atoms with Gasteiger partial charge in [0.1, 0.15) is 5.76 Å². The van der Waals surface area contributed by atoms with E-state index in [9.17, 15) is 0 Å². The molecule has 0 spiro atoms. The SMILES string of the molecule is C=C=C(CC)OC=C. The molecule has 0 aliphatic rings. The highest BCUT2D eigenvalue weighted by molar-refractivity contribution is 4.88. The van der Waals surface area contributed by atoms with Gasteiger partial charge in [-0.2, -0.15) is 0 Å². The Balaban J connectivity index is 3.72. The van der Waals surface area contributed by atoms with Gasteiger partial charge in [-0.1, -0.05) is 25.8 Å². The molecule has 0 atom stereocenters. The first-order valence-corrected chi connectivity index (χ1v) is 2.51. The van der Waals surface area contributed by atoms with Crippen LogP contribution in [0.1, 0.15) is 13.3 Å². The minimum Gasteiger partial charge on any atom is -0.462 e. The lowest BCUT2D eigenvalue weighted by Gasteiger charge is -1.95. The molecule has 0 saturated carbocycles. The van der Waals surface area contributed by atoms with Crippen molar-refractivity contribution in [2.45, 2.75) is 13.3 Å². The molecule has 0 aromatic heterocycles. The van der Waals surface area contributed by atoms with Crippen LogP contribution in [0.4, 0.5) is 0 Å². The molecule has 44 valence electrons. The smallest absolute Gasteiger partial charge is 0.144 e. The Hall–Kier alpha value is -0.940. The van der Waals surface area contributed by atoms with Gasteiger partial charge in [-0.25, -0.2) is 0 Å². The Morgan fingerprint density at radius 3 is 2.62 bits per heavy atom. The molecular formula is C7H10O. The highest BCUT2D eigenvalue weighted by Crippen LogP contribution is 1.98. The molecule has 0 radical (unpaired) electrons. The molecule has 1 nitrogen and oxygen atoms in total. The summed E-state index contributed by atoms with van der Waals surface area (Å²) in [5, 5.41) is 0. The summed E-state index contributed by atoms with van der Waals surface area (Å²) in [6.07, 6.45) is 2.19. The van der Waals surface area contributed by atoms with E-state index in [1.807, 2.05) is 6.92 Å². The number of hydrogen-bond donors (Lipinski definition) is 0. The second kappa shape index (κ2) is 4.23. The van der Waals surface area contributed by atoms with Crippen LogP contribution in [-0.2, 0) is 4.74 Å². The zero-order chi connectivity index (χ0) is 6.41.